The van der Waals surface area contributed by atoms with Crippen molar-refractivity contribution in [3.63, 3.8) is 0 Å². The van der Waals surface area contributed by atoms with Crippen LogP contribution in [0.3, 0.4) is 0 Å². The molecule has 0 saturated heterocycles. The SMILES string of the molecule is Cc1ccc(CCC(=O)N(Cc2c(Cl)cccc2Cl)C(C)C(=O)NC(C)C)cc1. The molecule has 0 aliphatic rings. The van der Waals surface area contributed by atoms with Crippen LogP contribution < -0.4 is 5.32 Å². The van der Waals surface area contributed by atoms with Crippen LogP contribution in [-0.2, 0) is 22.6 Å². The van der Waals surface area contributed by atoms with Gasteiger partial charge in [-0.25, -0.2) is 0 Å². The first-order valence-corrected chi connectivity index (χ1v) is 10.5. The van der Waals surface area contributed by atoms with Gasteiger partial charge in [-0.15, -0.1) is 0 Å². The molecule has 0 fully saturated rings. The Morgan fingerprint density at radius 2 is 1.59 bits per heavy atom. The van der Waals surface area contributed by atoms with Gasteiger partial charge in [0.2, 0.25) is 11.8 Å². The zero-order chi connectivity index (χ0) is 21.6. The summed E-state index contributed by atoms with van der Waals surface area (Å²) in [4.78, 5) is 27.3. The molecule has 2 amide bonds. The standard InChI is InChI=1S/C23H28Cl2N2O2/c1-15(2)26-23(29)17(4)27(14-19-20(24)6-5-7-21(19)25)22(28)13-12-18-10-8-16(3)9-11-18/h5-11,15,17H,12-14H2,1-4H3,(H,26,29). The first-order valence-electron chi connectivity index (χ1n) is 9.77. The Bertz CT molecular complexity index is 830. The number of amides is 2. The third-order valence-electron chi connectivity index (χ3n) is 4.74. The van der Waals surface area contributed by atoms with E-state index in [9.17, 15) is 9.59 Å². The van der Waals surface area contributed by atoms with Crippen LogP contribution in [0.15, 0.2) is 42.5 Å². The Kier molecular flexibility index (Phi) is 8.54. The molecular formula is C23H28Cl2N2O2. The summed E-state index contributed by atoms with van der Waals surface area (Å²) in [5.74, 6) is -0.320. The van der Waals surface area contributed by atoms with Gasteiger partial charge in [-0.05, 0) is 51.8 Å². The Balaban J connectivity index is 2.21. The molecule has 1 atom stereocenters. The van der Waals surface area contributed by atoms with Crippen molar-refractivity contribution >= 4 is 35.0 Å². The highest BCUT2D eigenvalue weighted by Gasteiger charge is 2.27. The molecule has 4 nitrogen and oxygen atoms in total. The largest absolute Gasteiger partial charge is 0.352 e. The summed E-state index contributed by atoms with van der Waals surface area (Å²) in [5.41, 5.74) is 2.90. The first kappa shape index (κ1) is 23.2. The molecule has 0 bridgehead atoms. The lowest BCUT2D eigenvalue weighted by molar-refractivity contribution is -0.140. The average Bonchev–Trinajstić information content (AvgIpc) is 2.66. The van der Waals surface area contributed by atoms with Crippen LogP contribution in [0.4, 0.5) is 0 Å². The van der Waals surface area contributed by atoms with Crippen LogP contribution in [0.5, 0.6) is 0 Å². The number of nitrogens with one attached hydrogen (secondary N) is 1. The van der Waals surface area contributed by atoms with Gasteiger partial charge < -0.3 is 10.2 Å². The number of rotatable bonds is 8. The highest BCUT2D eigenvalue weighted by Crippen LogP contribution is 2.27. The Hall–Kier alpha value is -2.04. The molecule has 2 rings (SSSR count). The number of halogens is 2. The zero-order valence-electron chi connectivity index (χ0n) is 17.3. The van der Waals surface area contributed by atoms with Crippen molar-refractivity contribution in [1.29, 1.82) is 0 Å². The minimum absolute atomic E-state index is 0.0154. The van der Waals surface area contributed by atoms with Crippen LogP contribution in [-0.4, -0.2) is 28.8 Å². The highest BCUT2D eigenvalue weighted by molar-refractivity contribution is 6.36. The predicted octanol–water partition coefficient (Wildman–Crippen LogP) is 5.18. The van der Waals surface area contributed by atoms with Crippen molar-refractivity contribution in [2.24, 2.45) is 0 Å². The fraction of sp³-hybridized carbons (Fsp3) is 0.391. The minimum atomic E-state index is -0.643. The Morgan fingerprint density at radius 3 is 2.14 bits per heavy atom. The second kappa shape index (κ2) is 10.7. The zero-order valence-corrected chi connectivity index (χ0v) is 18.8. The van der Waals surface area contributed by atoms with Gasteiger partial charge in [0.15, 0.2) is 0 Å². The monoisotopic (exact) mass is 434 g/mol. The topological polar surface area (TPSA) is 49.4 Å². The summed E-state index contributed by atoms with van der Waals surface area (Å²) >= 11 is 12.6. The number of carbonyl (C=O) groups excluding carboxylic acids is 2. The van der Waals surface area contributed by atoms with Crippen molar-refractivity contribution in [2.75, 3.05) is 0 Å². The van der Waals surface area contributed by atoms with E-state index in [1.54, 1.807) is 30.0 Å². The molecule has 156 valence electrons. The molecule has 1 N–H and O–H groups in total. The number of nitrogens with zero attached hydrogens (tertiary/aromatic N) is 1. The van der Waals surface area contributed by atoms with E-state index in [1.807, 2.05) is 45.0 Å². The molecular weight excluding hydrogens is 407 g/mol. The molecule has 2 aromatic carbocycles. The smallest absolute Gasteiger partial charge is 0.242 e. The maximum absolute atomic E-state index is 13.1. The maximum Gasteiger partial charge on any atom is 0.242 e. The summed E-state index contributed by atoms with van der Waals surface area (Å²) < 4.78 is 0. The highest BCUT2D eigenvalue weighted by atomic mass is 35.5. The molecule has 0 aliphatic carbocycles. The Labute approximate surface area is 183 Å². The van der Waals surface area contributed by atoms with Crippen LogP contribution in [0.25, 0.3) is 0 Å². The number of aryl methyl sites for hydroxylation is 2. The van der Waals surface area contributed by atoms with E-state index in [-0.39, 0.29) is 24.4 Å². The third kappa shape index (κ3) is 6.76. The normalized spacial score (nSPS) is 12.0. The van der Waals surface area contributed by atoms with Gasteiger partial charge in [-0.3, -0.25) is 9.59 Å². The molecule has 0 aliphatic heterocycles. The predicted molar refractivity (Wildman–Crippen MR) is 119 cm³/mol. The second-order valence-corrected chi connectivity index (χ2v) is 8.36. The fourth-order valence-corrected chi connectivity index (χ4v) is 3.51. The van der Waals surface area contributed by atoms with Gasteiger partial charge >= 0.3 is 0 Å². The van der Waals surface area contributed by atoms with E-state index in [0.29, 0.717) is 28.5 Å². The second-order valence-electron chi connectivity index (χ2n) is 7.55. The van der Waals surface area contributed by atoms with Crippen LogP contribution in [0.2, 0.25) is 10.0 Å². The van der Waals surface area contributed by atoms with E-state index in [0.717, 1.165) is 5.56 Å². The average molecular weight is 435 g/mol. The van der Waals surface area contributed by atoms with E-state index >= 15 is 0 Å². The van der Waals surface area contributed by atoms with Gasteiger partial charge in [0.1, 0.15) is 6.04 Å². The lowest BCUT2D eigenvalue weighted by Gasteiger charge is -2.30. The van der Waals surface area contributed by atoms with Crippen molar-refractivity contribution < 1.29 is 9.59 Å². The summed E-state index contributed by atoms with van der Waals surface area (Å²) in [7, 11) is 0. The molecule has 0 aromatic heterocycles. The summed E-state index contributed by atoms with van der Waals surface area (Å²) in [5, 5.41) is 3.83. The number of carbonyl (C=O) groups is 2. The molecule has 0 radical (unpaired) electrons. The maximum atomic E-state index is 13.1. The van der Waals surface area contributed by atoms with E-state index < -0.39 is 6.04 Å². The van der Waals surface area contributed by atoms with Gasteiger partial charge in [-0.1, -0.05) is 59.1 Å². The molecule has 0 saturated carbocycles. The summed E-state index contributed by atoms with van der Waals surface area (Å²) in [6, 6.07) is 12.7. The number of hydrogen-bond acceptors (Lipinski definition) is 2. The van der Waals surface area contributed by atoms with Crippen molar-refractivity contribution in [3.05, 3.63) is 69.2 Å². The van der Waals surface area contributed by atoms with Gasteiger partial charge in [-0.2, -0.15) is 0 Å². The molecule has 0 heterocycles. The molecule has 0 spiro atoms. The van der Waals surface area contributed by atoms with Crippen molar-refractivity contribution in [1.82, 2.24) is 10.2 Å². The fourth-order valence-electron chi connectivity index (χ4n) is 2.99. The van der Waals surface area contributed by atoms with Crippen LogP contribution in [0.1, 0.15) is 43.9 Å². The quantitative estimate of drug-likeness (QED) is 0.622. The molecule has 2 aromatic rings. The third-order valence-corrected chi connectivity index (χ3v) is 5.44. The molecule has 6 heteroatoms. The summed E-state index contributed by atoms with van der Waals surface area (Å²) in [6.07, 6.45) is 0.898. The van der Waals surface area contributed by atoms with Gasteiger partial charge in [0.05, 0.1) is 0 Å². The molecule has 29 heavy (non-hydrogen) atoms. The van der Waals surface area contributed by atoms with Gasteiger partial charge in [0, 0.05) is 34.6 Å². The minimum Gasteiger partial charge on any atom is -0.352 e. The van der Waals surface area contributed by atoms with Crippen LogP contribution in [0, 0.1) is 6.92 Å². The number of hydrogen-bond donors (Lipinski definition) is 1. The van der Waals surface area contributed by atoms with E-state index in [1.165, 1.54) is 5.56 Å². The Morgan fingerprint density at radius 1 is 1.00 bits per heavy atom. The lowest BCUT2D eigenvalue weighted by Crippen LogP contribution is -2.49. The van der Waals surface area contributed by atoms with Crippen LogP contribution >= 0.6 is 23.2 Å². The van der Waals surface area contributed by atoms with Crippen molar-refractivity contribution in [3.8, 4) is 0 Å². The van der Waals surface area contributed by atoms with Crippen molar-refractivity contribution in [2.45, 2.75) is 59.2 Å². The first-order chi connectivity index (χ1) is 13.7. The number of benzene rings is 2. The van der Waals surface area contributed by atoms with E-state index in [2.05, 4.69) is 5.32 Å². The lowest BCUT2D eigenvalue weighted by atomic mass is 10.1. The molecule has 1 unspecified atom stereocenters. The summed E-state index contributed by atoms with van der Waals surface area (Å²) in [6.45, 7) is 7.71. The van der Waals surface area contributed by atoms with Gasteiger partial charge in [0.25, 0.3) is 0 Å². The van der Waals surface area contributed by atoms with E-state index in [4.69, 9.17) is 23.2 Å².